The average molecular weight is 409 g/mol. The fourth-order valence-corrected chi connectivity index (χ4v) is 6.93. The van der Waals surface area contributed by atoms with E-state index in [0.29, 0.717) is 34.0 Å². The second kappa shape index (κ2) is 7.43. The molecule has 3 rings (SSSR count). The van der Waals surface area contributed by atoms with Crippen LogP contribution < -0.4 is 0 Å². The van der Waals surface area contributed by atoms with Crippen molar-refractivity contribution in [3.8, 4) is 11.8 Å². The predicted octanol–water partition coefficient (Wildman–Crippen LogP) is 4.07. The lowest BCUT2D eigenvalue weighted by atomic mass is 9.95. The van der Waals surface area contributed by atoms with Crippen LogP contribution in [0.15, 0.2) is 36.4 Å². The molecule has 26 heavy (non-hydrogen) atoms. The van der Waals surface area contributed by atoms with E-state index >= 15 is 0 Å². The second-order valence-corrected chi connectivity index (χ2v) is 10.2. The number of carbonyl (C=O) groups is 1. The van der Waals surface area contributed by atoms with Crippen LogP contribution in [0.1, 0.15) is 41.0 Å². The van der Waals surface area contributed by atoms with Gasteiger partial charge in [-0.05, 0) is 49.2 Å². The van der Waals surface area contributed by atoms with E-state index in [1.54, 1.807) is 36.4 Å². The molecule has 2 heterocycles. The van der Waals surface area contributed by atoms with Gasteiger partial charge in [-0.15, -0.1) is 11.3 Å². The molecule has 1 saturated heterocycles. The van der Waals surface area contributed by atoms with Gasteiger partial charge >= 0.3 is 5.97 Å². The molecule has 1 N–H and O–H groups in total. The number of hydrogen-bond acceptors (Lipinski definition) is 4. The Balaban J connectivity index is 1.96. The summed E-state index contributed by atoms with van der Waals surface area (Å²) in [6.07, 6.45) is 1.22. The van der Waals surface area contributed by atoms with E-state index in [2.05, 4.69) is 11.8 Å². The van der Waals surface area contributed by atoms with Crippen LogP contribution in [0.2, 0.25) is 5.02 Å². The van der Waals surface area contributed by atoms with Crippen molar-refractivity contribution in [2.75, 3.05) is 5.75 Å². The molecule has 0 aliphatic carbocycles. The summed E-state index contributed by atoms with van der Waals surface area (Å²) in [5.74, 6) is 4.97. The maximum Gasteiger partial charge on any atom is 0.305 e. The molecule has 1 aliphatic heterocycles. The molecular formula is C19H17ClO4S2. The Labute approximate surface area is 161 Å². The van der Waals surface area contributed by atoms with Crippen LogP contribution in [0.25, 0.3) is 0 Å². The molecule has 2 aromatic rings. The summed E-state index contributed by atoms with van der Waals surface area (Å²) in [7, 11) is -3.53. The fraction of sp³-hybridized carbons (Fsp3) is 0.316. The Morgan fingerprint density at radius 3 is 2.54 bits per heavy atom. The van der Waals surface area contributed by atoms with Crippen molar-refractivity contribution in [1.29, 1.82) is 0 Å². The Hall–Kier alpha value is -1.81. The van der Waals surface area contributed by atoms with Crippen LogP contribution in [0.5, 0.6) is 0 Å². The molecular weight excluding hydrogens is 392 g/mol. The number of hydrogen-bond donors (Lipinski definition) is 1. The van der Waals surface area contributed by atoms with Gasteiger partial charge in [0.2, 0.25) is 0 Å². The third kappa shape index (κ3) is 3.80. The van der Waals surface area contributed by atoms with Gasteiger partial charge in [-0.3, -0.25) is 4.79 Å². The largest absolute Gasteiger partial charge is 0.481 e. The number of thiophene rings is 1. The highest BCUT2D eigenvalue weighted by Gasteiger charge is 2.49. The first-order valence-corrected chi connectivity index (χ1v) is 11.0. The van der Waals surface area contributed by atoms with Gasteiger partial charge in [-0.1, -0.05) is 29.9 Å². The number of rotatable bonds is 3. The number of halogens is 1. The molecule has 1 aromatic carbocycles. The van der Waals surface area contributed by atoms with Gasteiger partial charge in [0.25, 0.3) is 0 Å². The van der Waals surface area contributed by atoms with Crippen LogP contribution in [0, 0.1) is 11.8 Å². The summed E-state index contributed by atoms with van der Waals surface area (Å²) >= 11 is 7.11. The first-order chi connectivity index (χ1) is 12.3. The molecule has 1 fully saturated rings. The summed E-state index contributed by atoms with van der Waals surface area (Å²) in [5.41, 5.74) is 0.801. The first-order valence-electron chi connectivity index (χ1n) is 8.14. The first kappa shape index (κ1) is 19.0. The normalized spacial score (nSPS) is 21.6. The highest BCUT2D eigenvalue weighted by molar-refractivity contribution is 7.92. The number of aliphatic carboxylic acids is 1. The predicted molar refractivity (Wildman–Crippen MR) is 103 cm³/mol. The van der Waals surface area contributed by atoms with Gasteiger partial charge in [0.15, 0.2) is 9.84 Å². The summed E-state index contributed by atoms with van der Waals surface area (Å²) in [5, 5.41) is 9.94. The van der Waals surface area contributed by atoms with Gasteiger partial charge in [0.1, 0.15) is 4.75 Å². The van der Waals surface area contributed by atoms with Crippen molar-refractivity contribution in [3.05, 3.63) is 56.7 Å². The minimum Gasteiger partial charge on any atom is -0.481 e. The van der Waals surface area contributed by atoms with Crippen LogP contribution in [0.4, 0.5) is 0 Å². The molecule has 0 bridgehead atoms. The summed E-state index contributed by atoms with van der Waals surface area (Å²) < 4.78 is 24.2. The SMILES string of the molecule is O=C(O)CC1(c2ccc(C#Cc3ccc(Cl)cc3)s2)CCCCS1(=O)=O. The van der Waals surface area contributed by atoms with Gasteiger partial charge in [0, 0.05) is 15.5 Å². The number of sulfone groups is 1. The molecule has 0 radical (unpaired) electrons. The summed E-state index contributed by atoms with van der Waals surface area (Å²) in [6.45, 7) is 0. The van der Waals surface area contributed by atoms with E-state index in [1.165, 1.54) is 11.3 Å². The van der Waals surface area contributed by atoms with E-state index in [4.69, 9.17) is 11.6 Å². The van der Waals surface area contributed by atoms with E-state index < -0.39 is 27.0 Å². The maximum atomic E-state index is 12.8. The molecule has 0 spiro atoms. The second-order valence-electron chi connectivity index (χ2n) is 6.26. The zero-order valence-electron chi connectivity index (χ0n) is 13.9. The topological polar surface area (TPSA) is 71.4 Å². The fourth-order valence-electron chi connectivity index (χ4n) is 3.18. The quantitative estimate of drug-likeness (QED) is 0.777. The molecule has 1 atom stereocenters. The Morgan fingerprint density at radius 2 is 1.88 bits per heavy atom. The van der Waals surface area contributed by atoms with Gasteiger partial charge < -0.3 is 5.11 Å². The van der Waals surface area contributed by atoms with Crippen LogP contribution >= 0.6 is 22.9 Å². The van der Waals surface area contributed by atoms with Crippen molar-refractivity contribution in [1.82, 2.24) is 0 Å². The molecule has 4 nitrogen and oxygen atoms in total. The van der Waals surface area contributed by atoms with Crippen LogP contribution in [-0.4, -0.2) is 25.2 Å². The maximum absolute atomic E-state index is 12.8. The molecule has 1 unspecified atom stereocenters. The lowest BCUT2D eigenvalue weighted by molar-refractivity contribution is -0.137. The zero-order valence-corrected chi connectivity index (χ0v) is 16.3. The lowest BCUT2D eigenvalue weighted by Crippen LogP contribution is -2.41. The van der Waals surface area contributed by atoms with Crippen molar-refractivity contribution < 1.29 is 18.3 Å². The molecule has 1 aliphatic rings. The molecule has 0 saturated carbocycles. The third-order valence-electron chi connectivity index (χ3n) is 4.51. The van der Waals surface area contributed by atoms with E-state index in [0.717, 1.165) is 5.56 Å². The van der Waals surface area contributed by atoms with Crippen molar-refractivity contribution in [2.45, 2.75) is 30.4 Å². The standard InChI is InChI=1S/C19H17ClO4S2/c20-15-6-3-14(4-7-15)5-8-16-9-10-17(25-16)19(13-18(21)22)11-1-2-12-26(19,23)24/h3-4,6-7,9-10H,1-2,11-13H2,(H,21,22). The van der Waals surface area contributed by atoms with Gasteiger partial charge in [0.05, 0.1) is 17.1 Å². The minimum absolute atomic E-state index is 0.0317. The molecule has 0 amide bonds. The van der Waals surface area contributed by atoms with Gasteiger partial charge in [-0.2, -0.15) is 0 Å². The highest BCUT2D eigenvalue weighted by atomic mass is 35.5. The Bertz CT molecular complexity index is 981. The van der Waals surface area contributed by atoms with Crippen LogP contribution in [0.3, 0.4) is 0 Å². The Morgan fingerprint density at radius 1 is 1.15 bits per heavy atom. The molecule has 136 valence electrons. The molecule has 7 heteroatoms. The van der Waals surface area contributed by atoms with E-state index in [-0.39, 0.29) is 5.75 Å². The average Bonchev–Trinajstić information content (AvgIpc) is 3.05. The summed E-state index contributed by atoms with van der Waals surface area (Å²) in [6, 6.07) is 10.6. The lowest BCUT2D eigenvalue weighted by Gasteiger charge is -2.34. The van der Waals surface area contributed by atoms with E-state index in [1.807, 2.05) is 0 Å². The molecule has 1 aromatic heterocycles. The van der Waals surface area contributed by atoms with Crippen molar-refractivity contribution >= 4 is 38.7 Å². The smallest absolute Gasteiger partial charge is 0.305 e. The van der Waals surface area contributed by atoms with Gasteiger partial charge in [-0.25, -0.2) is 8.42 Å². The third-order valence-corrected chi connectivity index (χ3v) is 8.68. The monoisotopic (exact) mass is 408 g/mol. The number of carboxylic acids is 1. The Kier molecular flexibility index (Phi) is 5.42. The number of benzene rings is 1. The number of carboxylic acid groups (broad SMARTS) is 1. The summed E-state index contributed by atoms with van der Waals surface area (Å²) in [4.78, 5) is 12.7. The van der Waals surface area contributed by atoms with Crippen LogP contribution in [-0.2, 0) is 19.4 Å². The van der Waals surface area contributed by atoms with Crippen molar-refractivity contribution in [3.63, 3.8) is 0 Å². The van der Waals surface area contributed by atoms with Crippen molar-refractivity contribution in [2.24, 2.45) is 0 Å². The highest BCUT2D eigenvalue weighted by Crippen LogP contribution is 2.45. The van der Waals surface area contributed by atoms with E-state index in [9.17, 15) is 18.3 Å². The zero-order chi connectivity index (χ0) is 18.8. The minimum atomic E-state index is -3.53.